The van der Waals surface area contributed by atoms with Gasteiger partial charge in [-0.2, -0.15) is 0 Å². The van der Waals surface area contributed by atoms with Gasteiger partial charge in [-0.25, -0.2) is 14.0 Å². The van der Waals surface area contributed by atoms with Crippen molar-refractivity contribution in [2.75, 3.05) is 6.61 Å². The first kappa shape index (κ1) is 22.3. The van der Waals surface area contributed by atoms with Gasteiger partial charge in [0.15, 0.2) is 18.6 Å². The summed E-state index contributed by atoms with van der Waals surface area (Å²) in [4.78, 5) is 34.1. The van der Waals surface area contributed by atoms with Crippen LogP contribution >= 0.6 is 39.1 Å². The highest BCUT2D eigenvalue weighted by molar-refractivity contribution is 9.09. The first-order valence-corrected chi connectivity index (χ1v) is 9.61. The Hall–Kier alpha value is -1.96. The molecule has 0 bridgehead atoms. The van der Waals surface area contributed by atoms with Gasteiger partial charge in [0.1, 0.15) is 6.61 Å². The zero-order valence-corrected chi connectivity index (χ0v) is 17.3. The Morgan fingerprint density at radius 1 is 0.964 bits per heavy atom. The molecule has 2 rings (SSSR count). The molecule has 0 saturated carbocycles. The number of carbonyl (C=O) groups is 3. The molecule has 1 unspecified atom stereocenters. The van der Waals surface area contributed by atoms with Crippen LogP contribution in [-0.2, 0) is 14.3 Å². The predicted molar refractivity (Wildman–Crippen MR) is 106 cm³/mol. The molecule has 0 fully saturated rings. The zero-order chi connectivity index (χ0) is 20.7. The van der Waals surface area contributed by atoms with Crippen LogP contribution in [0.1, 0.15) is 20.7 Å². The van der Waals surface area contributed by atoms with Crippen LogP contribution in [0.15, 0.2) is 48.5 Å². The molecule has 0 aliphatic rings. The van der Waals surface area contributed by atoms with Crippen molar-refractivity contribution in [2.45, 2.75) is 17.1 Å². The van der Waals surface area contributed by atoms with Crippen molar-refractivity contribution >= 4 is 57.4 Å². The second kappa shape index (κ2) is 10.5. The fraction of sp³-hybridized carbons (Fsp3) is 0.211. The Morgan fingerprint density at radius 2 is 1.43 bits per heavy atom. The minimum atomic E-state index is -2.12. The standard InChI is InChI=1S/C19H14BrCl2FO5/c20-15(10-27-18(25)11-1-5-13(21)6-2-11)17(16(23)9-24)28-19(26)12-3-7-14(22)8-4-12/h1-9,15-17H,10H2/t15-,16+,17?/m0/s1. The maximum absolute atomic E-state index is 14.0. The highest BCUT2D eigenvalue weighted by atomic mass is 79.9. The smallest absolute Gasteiger partial charge is 0.338 e. The molecule has 0 N–H and O–H groups in total. The van der Waals surface area contributed by atoms with E-state index >= 15 is 0 Å². The quantitative estimate of drug-likeness (QED) is 0.304. The van der Waals surface area contributed by atoms with Crippen molar-refractivity contribution in [1.29, 1.82) is 0 Å². The second-order valence-electron chi connectivity index (χ2n) is 5.58. The van der Waals surface area contributed by atoms with Crippen molar-refractivity contribution < 1.29 is 28.2 Å². The lowest BCUT2D eigenvalue weighted by Gasteiger charge is -2.23. The minimum absolute atomic E-state index is 0.00901. The van der Waals surface area contributed by atoms with E-state index in [0.29, 0.717) is 10.0 Å². The van der Waals surface area contributed by atoms with Crippen LogP contribution in [-0.4, -0.2) is 41.9 Å². The maximum atomic E-state index is 14.0. The summed E-state index contributed by atoms with van der Waals surface area (Å²) >= 11 is 14.6. The number of ether oxygens (including phenoxy) is 2. The largest absolute Gasteiger partial charge is 0.461 e. The summed E-state index contributed by atoms with van der Waals surface area (Å²) in [6, 6.07) is 11.7. The number of alkyl halides is 2. The van der Waals surface area contributed by atoms with Crippen LogP contribution in [0, 0.1) is 0 Å². The van der Waals surface area contributed by atoms with E-state index in [4.69, 9.17) is 32.7 Å². The van der Waals surface area contributed by atoms with Gasteiger partial charge in [0.05, 0.1) is 16.0 Å². The molecular weight excluding hydrogens is 478 g/mol. The number of carbonyl (C=O) groups excluding carboxylic acids is 3. The van der Waals surface area contributed by atoms with Crippen LogP contribution in [0.25, 0.3) is 0 Å². The highest BCUT2D eigenvalue weighted by Crippen LogP contribution is 2.20. The van der Waals surface area contributed by atoms with Crippen LogP contribution in [0.3, 0.4) is 0 Å². The first-order chi connectivity index (χ1) is 13.3. The van der Waals surface area contributed by atoms with Crippen molar-refractivity contribution in [3.8, 4) is 0 Å². The SMILES string of the molecule is O=C[C@@H](F)C(OC(=O)c1ccc(Cl)cc1)[C@@H](Br)COC(=O)c1ccc(Cl)cc1. The van der Waals surface area contributed by atoms with Gasteiger partial charge >= 0.3 is 11.9 Å². The molecule has 0 radical (unpaired) electrons. The number of hydrogen-bond acceptors (Lipinski definition) is 5. The van der Waals surface area contributed by atoms with Gasteiger partial charge in [-0.3, -0.25) is 4.79 Å². The first-order valence-electron chi connectivity index (χ1n) is 7.94. The van der Waals surface area contributed by atoms with E-state index in [1.165, 1.54) is 48.5 Å². The van der Waals surface area contributed by atoms with Crippen LogP contribution in [0.5, 0.6) is 0 Å². The lowest BCUT2D eigenvalue weighted by Crippen LogP contribution is -2.39. The summed E-state index contributed by atoms with van der Waals surface area (Å²) in [5.41, 5.74) is 0.372. The summed E-state index contributed by atoms with van der Waals surface area (Å²) in [6.45, 7) is -0.339. The van der Waals surface area contributed by atoms with Gasteiger partial charge in [0.25, 0.3) is 0 Å². The van der Waals surface area contributed by atoms with Gasteiger partial charge in [-0.05, 0) is 48.5 Å². The second-order valence-corrected chi connectivity index (χ2v) is 7.63. The van der Waals surface area contributed by atoms with Gasteiger partial charge < -0.3 is 9.47 Å². The summed E-state index contributed by atoms with van der Waals surface area (Å²) in [7, 11) is 0. The van der Waals surface area contributed by atoms with Gasteiger partial charge in [-0.15, -0.1) is 0 Å². The molecule has 3 atom stereocenters. The summed E-state index contributed by atoms with van der Waals surface area (Å²) < 4.78 is 24.2. The molecule has 5 nitrogen and oxygen atoms in total. The van der Waals surface area contributed by atoms with Gasteiger partial charge in [0.2, 0.25) is 0 Å². The fourth-order valence-electron chi connectivity index (χ4n) is 2.11. The van der Waals surface area contributed by atoms with E-state index < -0.39 is 29.0 Å². The molecule has 148 valence electrons. The summed E-state index contributed by atoms with van der Waals surface area (Å²) in [5, 5.41) is 0.868. The van der Waals surface area contributed by atoms with E-state index in [1.807, 2.05) is 0 Å². The van der Waals surface area contributed by atoms with E-state index in [-0.39, 0.29) is 24.0 Å². The zero-order valence-electron chi connectivity index (χ0n) is 14.2. The van der Waals surface area contributed by atoms with Crippen LogP contribution in [0.4, 0.5) is 4.39 Å². The van der Waals surface area contributed by atoms with E-state index in [2.05, 4.69) is 15.9 Å². The van der Waals surface area contributed by atoms with Crippen LogP contribution < -0.4 is 0 Å². The van der Waals surface area contributed by atoms with E-state index in [9.17, 15) is 18.8 Å². The normalized spacial score (nSPS) is 13.9. The Balaban J connectivity index is 2.01. The van der Waals surface area contributed by atoms with Gasteiger partial charge in [-0.1, -0.05) is 39.1 Å². The van der Waals surface area contributed by atoms with E-state index in [0.717, 1.165) is 0 Å². The number of hydrogen-bond donors (Lipinski definition) is 0. The molecule has 9 heteroatoms. The lowest BCUT2D eigenvalue weighted by molar-refractivity contribution is -0.115. The van der Waals surface area contributed by atoms with Crippen LogP contribution in [0.2, 0.25) is 10.0 Å². The molecule has 2 aromatic carbocycles. The molecular formula is C19H14BrCl2FO5. The molecule has 0 aliphatic carbocycles. The number of benzene rings is 2. The predicted octanol–water partition coefficient (Wildman–Crippen LogP) is 4.68. The number of halogens is 4. The van der Waals surface area contributed by atoms with Crippen molar-refractivity contribution in [2.24, 2.45) is 0 Å². The molecule has 2 aromatic rings. The molecule has 0 aliphatic heterocycles. The number of esters is 2. The minimum Gasteiger partial charge on any atom is -0.461 e. The molecule has 0 amide bonds. The maximum Gasteiger partial charge on any atom is 0.338 e. The van der Waals surface area contributed by atoms with Crippen molar-refractivity contribution in [1.82, 2.24) is 0 Å². The monoisotopic (exact) mass is 490 g/mol. The summed E-state index contributed by atoms with van der Waals surface area (Å²) in [5.74, 6) is -1.52. The fourth-order valence-corrected chi connectivity index (χ4v) is 2.90. The Bertz CT molecular complexity index is 829. The molecule has 0 saturated heterocycles. The Kier molecular flexibility index (Phi) is 8.41. The van der Waals surface area contributed by atoms with Crippen molar-refractivity contribution in [3.05, 3.63) is 69.7 Å². The molecule has 0 aromatic heterocycles. The number of aldehydes is 1. The molecule has 28 heavy (non-hydrogen) atoms. The number of rotatable bonds is 8. The third-order valence-electron chi connectivity index (χ3n) is 3.58. The molecule has 0 heterocycles. The lowest BCUT2D eigenvalue weighted by atomic mass is 10.1. The van der Waals surface area contributed by atoms with Gasteiger partial charge in [0, 0.05) is 10.0 Å². The highest BCUT2D eigenvalue weighted by Gasteiger charge is 2.33. The Morgan fingerprint density at radius 3 is 1.89 bits per heavy atom. The molecule has 0 spiro atoms. The van der Waals surface area contributed by atoms with Crippen molar-refractivity contribution in [3.63, 3.8) is 0 Å². The summed E-state index contributed by atoms with van der Waals surface area (Å²) in [6.07, 6.45) is -3.61. The average Bonchev–Trinajstić information content (AvgIpc) is 2.70. The van der Waals surface area contributed by atoms with E-state index in [1.54, 1.807) is 0 Å². The Labute approximate surface area is 178 Å². The third-order valence-corrected chi connectivity index (χ3v) is 4.87. The third kappa shape index (κ3) is 6.29. The average molecular weight is 492 g/mol. The topological polar surface area (TPSA) is 69.7 Å².